The molecule has 0 fully saturated rings. The van der Waals surface area contributed by atoms with Gasteiger partial charge in [0.25, 0.3) is 0 Å². The van der Waals surface area contributed by atoms with Crippen LogP contribution in [0.2, 0.25) is 0 Å². The van der Waals surface area contributed by atoms with Gasteiger partial charge in [-0.3, -0.25) is 4.79 Å². The molecule has 4 aromatic rings. The summed E-state index contributed by atoms with van der Waals surface area (Å²) in [4.78, 5) is 13.1. The van der Waals surface area contributed by atoms with Crippen LogP contribution in [0, 0.1) is 6.92 Å². The first-order valence-electron chi connectivity index (χ1n) is 10.6. The number of para-hydroxylation sites is 1. The molecule has 0 aliphatic carbocycles. The Balaban J connectivity index is 1.55. The topological polar surface area (TPSA) is 75.3 Å². The molecule has 0 unspecified atom stereocenters. The van der Waals surface area contributed by atoms with Gasteiger partial charge < -0.3 is 10.6 Å². The zero-order valence-corrected chi connectivity index (χ0v) is 20.9. The van der Waals surface area contributed by atoms with Crippen LogP contribution in [0.25, 0.3) is 11.1 Å². The van der Waals surface area contributed by atoms with E-state index in [1.54, 1.807) is 42.5 Å². The molecule has 0 aliphatic heterocycles. The van der Waals surface area contributed by atoms with Crippen molar-refractivity contribution in [2.75, 3.05) is 17.2 Å². The summed E-state index contributed by atoms with van der Waals surface area (Å²) in [6.45, 7) is 1.80. The minimum Gasteiger partial charge on any atom is -0.375 e. The summed E-state index contributed by atoms with van der Waals surface area (Å²) in [5.74, 6) is -0.290. The summed E-state index contributed by atoms with van der Waals surface area (Å²) in [6, 6.07) is 29.1. The number of benzene rings is 4. The molecule has 7 heteroatoms. The van der Waals surface area contributed by atoms with E-state index in [1.807, 2.05) is 61.5 Å². The van der Waals surface area contributed by atoms with Gasteiger partial charge >= 0.3 is 0 Å². The standard InChI is InChI=1S/C27H23BrN2O3S/c1-19-14-16-21(17-15-19)34(32,33)27-23(28)11-7-13-25(27)29-18-26(31)30-24-12-6-5-10-22(24)20-8-3-2-4-9-20/h2-17,29H,18H2,1H3,(H,30,31). The molecule has 0 heterocycles. The Hall–Kier alpha value is -3.42. The Labute approximate surface area is 207 Å². The van der Waals surface area contributed by atoms with Gasteiger partial charge in [-0.15, -0.1) is 0 Å². The van der Waals surface area contributed by atoms with E-state index in [1.165, 1.54) is 0 Å². The minimum atomic E-state index is -3.81. The predicted octanol–water partition coefficient (Wildman–Crippen LogP) is 6.31. The smallest absolute Gasteiger partial charge is 0.243 e. The summed E-state index contributed by atoms with van der Waals surface area (Å²) in [6.07, 6.45) is 0. The quantitative estimate of drug-likeness (QED) is 0.291. The van der Waals surface area contributed by atoms with Gasteiger partial charge in [0.1, 0.15) is 4.90 Å². The van der Waals surface area contributed by atoms with Crippen LogP contribution >= 0.6 is 15.9 Å². The zero-order valence-electron chi connectivity index (χ0n) is 18.5. The maximum Gasteiger partial charge on any atom is 0.243 e. The molecule has 172 valence electrons. The predicted molar refractivity (Wildman–Crippen MR) is 140 cm³/mol. The zero-order chi connectivity index (χ0) is 24.1. The average molecular weight is 535 g/mol. The van der Waals surface area contributed by atoms with Crippen molar-refractivity contribution in [1.29, 1.82) is 0 Å². The Morgan fingerprint density at radius 1 is 0.794 bits per heavy atom. The summed E-state index contributed by atoms with van der Waals surface area (Å²) in [7, 11) is -3.81. The van der Waals surface area contributed by atoms with Gasteiger partial charge in [0.15, 0.2) is 0 Å². The van der Waals surface area contributed by atoms with Crippen LogP contribution in [-0.4, -0.2) is 20.9 Å². The van der Waals surface area contributed by atoms with E-state index in [-0.39, 0.29) is 22.2 Å². The lowest BCUT2D eigenvalue weighted by Gasteiger charge is -2.15. The molecule has 2 N–H and O–H groups in total. The lowest BCUT2D eigenvalue weighted by molar-refractivity contribution is -0.114. The van der Waals surface area contributed by atoms with Crippen LogP contribution in [0.5, 0.6) is 0 Å². The highest BCUT2D eigenvalue weighted by atomic mass is 79.9. The molecule has 34 heavy (non-hydrogen) atoms. The number of hydrogen-bond donors (Lipinski definition) is 2. The highest BCUT2D eigenvalue weighted by Gasteiger charge is 2.24. The van der Waals surface area contributed by atoms with E-state index < -0.39 is 9.84 Å². The molecule has 0 aliphatic rings. The van der Waals surface area contributed by atoms with Gasteiger partial charge in [-0.25, -0.2) is 8.42 Å². The number of anilines is 2. The number of aryl methyl sites for hydroxylation is 1. The molecular weight excluding hydrogens is 512 g/mol. The minimum absolute atomic E-state index is 0.0938. The monoisotopic (exact) mass is 534 g/mol. The molecule has 0 spiro atoms. The summed E-state index contributed by atoms with van der Waals surface area (Å²) in [5.41, 5.74) is 3.90. The van der Waals surface area contributed by atoms with E-state index in [2.05, 4.69) is 26.6 Å². The molecule has 0 aromatic heterocycles. The highest BCUT2D eigenvalue weighted by molar-refractivity contribution is 9.10. The van der Waals surface area contributed by atoms with Crippen LogP contribution in [0.1, 0.15) is 5.56 Å². The summed E-state index contributed by atoms with van der Waals surface area (Å²) >= 11 is 3.37. The fourth-order valence-corrected chi connectivity index (χ4v) is 6.08. The Morgan fingerprint density at radius 2 is 1.44 bits per heavy atom. The maximum absolute atomic E-state index is 13.4. The van der Waals surface area contributed by atoms with Crippen LogP contribution in [-0.2, 0) is 14.6 Å². The molecule has 0 saturated heterocycles. The van der Waals surface area contributed by atoms with E-state index in [0.29, 0.717) is 15.8 Å². The number of nitrogens with one attached hydrogen (secondary N) is 2. The fourth-order valence-electron chi connectivity index (χ4n) is 3.59. The van der Waals surface area contributed by atoms with Crippen molar-refractivity contribution >= 4 is 43.0 Å². The first kappa shape index (κ1) is 23.7. The third-order valence-corrected chi connectivity index (χ3v) is 8.09. The number of carbonyl (C=O) groups is 1. The number of carbonyl (C=O) groups excluding carboxylic acids is 1. The Bertz CT molecular complexity index is 1420. The second kappa shape index (κ2) is 10.2. The van der Waals surface area contributed by atoms with Crippen LogP contribution < -0.4 is 10.6 Å². The molecule has 0 bridgehead atoms. The normalized spacial score (nSPS) is 11.1. The van der Waals surface area contributed by atoms with Crippen molar-refractivity contribution in [3.8, 4) is 11.1 Å². The van der Waals surface area contributed by atoms with Gasteiger partial charge in [-0.2, -0.15) is 0 Å². The van der Waals surface area contributed by atoms with Crippen molar-refractivity contribution in [2.24, 2.45) is 0 Å². The molecule has 4 rings (SSSR count). The van der Waals surface area contributed by atoms with E-state index in [4.69, 9.17) is 0 Å². The summed E-state index contributed by atoms with van der Waals surface area (Å²) in [5, 5.41) is 5.93. The van der Waals surface area contributed by atoms with Gasteiger partial charge in [0.2, 0.25) is 15.7 Å². The van der Waals surface area contributed by atoms with Crippen molar-refractivity contribution in [3.63, 3.8) is 0 Å². The third kappa shape index (κ3) is 5.21. The summed E-state index contributed by atoms with van der Waals surface area (Å²) < 4.78 is 27.1. The van der Waals surface area contributed by atoms with E-state index >= 15 is 0 Å². The van der Waals surface area contributed by atoms with Gasteiger partial charge in [0.05, 0.1) is 17.1 Å². The Morgan fingerprint density at radius 3 is 2.18 bits per heavy atom. The molecule has 0 atom stereocenters. The second-order valence-corrected chi connectivity index (χ2v) is 10.5. The molecular formula is C27H23BrN2O3S. The molecule has 0 radical (unpaired) electrons. The SMILES string of the molecule is Cc1ccc(S(=O)(=O)c2c(Br)cccc2NCC(=O)Nc2ccccc2-c2ccccc2)cc1. The van der Waals surface area contributed by atoms with Crippen LogP contribution in [0.15, 0.2) is 111 Å². The van der Waals surface area contributed by atoms with Crippen molar-refractivity contribution in [3.05, 3.63) is 107 Å². The fraction of sp³-hybridized carbons (Fsp3) is 0.0741. The van der Waals surface area contributed by atoms with Crippen LogP contribution in [0.3, 0.4) is 0 Å². The van der Waals surface area contributed by atoms with Crippen molar-refractivity contribution in [2.45, 2.75) is 16.7 Å². The van der Waals surface area contributed by atoms with Gasteiger partial charge in [0, 0.05) is 15.7 Å². The number of sulfone groups is 1. The molecule has 1 amide bonds. The van der Waals surface area contributed by atoms with Gasteiger partial charge in [-0.1, -0.05) is 72.3 Å². The van der Waals surface area contributed by atoms with Crippen molar-refractivity contribution in [1.82, 2.24) is 0 Å². The molecule has 0 saturated carbocycles. The average Bonchev–Trinajstić information content (AvgIpc) is 2.84. The van der Waals surface area contributed by atoms with E-state index in [9.17, 15) is 13.2 Å². The number of hydrogen-bond acceptors (Lipinski definition) is 4. The maximum atomic E-state index is 13.4. The highest BCUT2D eigenvalue weighted by Crippen LogP contribution is 2.34. The van der Waals surface area contributed by atoms with Gasteiger partial charge in [-0.05, 0) is 58.7 Å². The third-order valence-electron chi connectivity index (χ3n) is 5.29. The lowest BCUT2D eigenvalue weighted by Crippen LogP contribution is -2.23. The first-order chi connectivity index (χ1) is 16.4. The molecule has 5 nitrogen and oxygen atoms in total. The number of amides is 1. The Kier molecular flexibility index (Phi) is 7.14. The molecule has 4 aromatic carbocycles. The van der Waals surface area contributed by atoms with Crippen molar-refractivity contribution < 1.29 is 13.2 Å². The lowest BCUT2D eigenvalue weighted by atomic mass is 10.0. The number of halogens is 1. The second-order valence-electron chi connectivity index (χ2n) is 7.75. The largest absolute Gasteiger partial charge is 0.375 e. The first-order valence-corrected chi connectivity index (χ1v) is 12.9. The van der Waals surface area contributed by atoms with E-state index in [0.717, 1.165) is 16.7 Å². The van der Waals surface area contributed by atoms with Crippen LogP contribution in [0.4, 0.5) is 11.4 Å². The number of rotatable bonds is 7.